The van der Waals surface area contributed by atoms with Gasteiger partial charge in [0.1, 0.15) is 5.75 Å². The molecule has 0 saturated carbocycles. The molecule has 1 aliphatic rings. The van der Waals surface area contributed by atoms with Crippen LogP contribution < -0.4 is 19.5 Å². The van der Waals surface area contributed by atoms with Crippen LogP contribution in [0.3, 0.4) is 0 Å². The third kappa shape index (κ3) is 5.21. The van der Waals surface area contributed by atoms with Crippen molar-refractivity contribution in [1.82, 2.24) is 14.8 Å². The van der Waals surface area contributed by atoms with Crippen LogP contribution in [0.4, 0.5) is 5.69 Å². The zero-order valence-electron chi connectivity index (χ0n) is 18.7. The topological polar surface area (TPSA) is 87.5 Å². The number of halogens is 1. The molecule has 4 aromatic rings. The molecule has 3 aromatic carbocycles. The summed E-state index contributed by atoms with van der Waals surface area (Å²) in [5.74, 6) is 2.62. The van der Waals surface area contributed by atoms with Crippen molar-refractivity contribution >= 4 is 35.0 Å². The predicted molar refractivity (Wildman–Crippen MR) is 135 cm³/mol. The minimum absolute atomic E-state index is 0.138. The molecule has 0 radical (unpaired) electrons. The Morgan fingerprint density at radius 3 is 2.71 bits per heavy atom. The number of fused-ring (bicyclic) bond motifs is 1. The molecule has 35 heavy (non-hydrogen) atoms. The lowest BCUT2D eigenvalue weighted by Gasteiger charge is -2.12. The highest BCUT2D eigenvalue weighted by Gasteiger charge is 2.19. The van der Waals surface area contributed by atoms with Crippen LogP contribution in [0, 0.1) is 0 Å². The molecular formula is C25H21ClN4O4S. The lowest BCUT2D eigenvalue weighted by Crippen LogP contribution is -2.14. The first-order valence-electron chi connectivity index (χ1n) is 10.9. The molecule has 5 rings (SSSR count). The highest BCUT2D eigenvalue weighted by atomic mass is 35.5. The van der Waals surface area contributed by atoms with Crippen LogP contribution >= 0.6 is 23.4 Å². The number of nitrogens with one attached hydrogen (secondary N) is 1. The SMILES string of the molecule is CCOc1ccc(-n2c(SCC(=O)Nc3ccc4c(c3)OCO4)nnc2-c2cccc(Cl)c2)cc1. The lowest BCUT2D eigenvalue weighted by atomic mass is 10.2. The van der Waals surface area contributed by atoms with Gasteiger partial charge in [0.05, 0.1) is 12.4 Å². The summed E-state index contributed by atoms with van der Waals surface area (Å²) in [4.78, 5) is 12.7. The molecular weight excluding hydrogens is 488 g/mol. The number of ether oxygens (including phenoxy) is 3. The van der Waals surface area contributed by atoms with E-state index in [1.54, 1.807) is 24.3 Å². The number of rotatable bonds is 8. The Kier molecular flexibility index (Phi) is 6.78. The van der Waals surface area contributed by atoms with Gasteiger partial charge in [-0.2, -0.15) is 0 Å². The van der Waals surface area contributed by atoms with Crippen LogP contribution in [0.2, 0.25) is 5.02 Å². The fraction of sp³-hybridized carbons (Fsp3) is 0.160. The van der Waals surface area contributed by atoms with Crippen molar-refractivity contribution in [2.24, 2.45) is 0 Å². The van der Waals surface area contributed by atoms with Gasteiger partial charge in [-0.25, -0.2) is 0 Å². The normalized spacial score (nSPS) is 11.9. The molecule has 0 spiro atoms. The van der Waals surface area contributed by atoms with E-state index in [0.29, 0.717) is 39.8 Å². The smallest absolute Gasteiger partial charge is 0.234 e. The monoisotopic (exact) mass is 508 g/mol. The molecule has 0 aliphatic carbocycles. The van der Waals surface area contributed by atoms with Gasteiger partial charge in [0.2, 0.25) is 12.7 Å². The third-order valence-corrected chi connectivity index (χ3v) is 6.27. The number of hydrogen-bond acceptors (Lipinski definition) is 7. The number of carbonyl (C=O) groups is 1. The third-order valence-electron chi connectivity index (χ3n) is 5.11. The molecule has 0 fully saturated rings. The van der Waals surface area contributed by atoms with E-state index in [1.807, 2.05) is 54.0 Å². The van der Waals surface area contributed by atoms with Gasteiger partial charge in [-0.15, -0.1) is 10.2 Å². The second kappa shape index (κ2) is 10.3. The van der Waals surface area contributed by atoms with Crippen LogP contribution in [0.15, 0.2) is 71.9 Å². The van der Waals surface area contributed by atoms with E-state index < -0.39 is 0 Å². The first-order chi connectivity index (χ1) is 17.1. The average Bonchev–Trinajstić information content (AvgIpc) is 3.50. The second-order valence-electron chi connectivity index (χ2n) is 7.48. The van der Waals surface area contributed by atoms with Gasteiger partial charge in [-0.1, -0.05) is 35.5 Å². The molecule has 10 heteroatoms. The zero-order chi connectivity index (χ0) is 24.2. The van der Waals surface area contributed by atoms with Crippen LogP contribution in [0.1, 0.15) is 6.92 Å². The van der Waals surface area contributed by atoms with E-state index in [9.17, 15) is 4.79 Å². The van der Waals surface area contributed by atoms with Gasteiger partial charge in [0, 0.05) is 28.0 Å². The number of carbonyl (C=O) groups excluding carboxylic acids is 1. The van der Waals surface area contributed by atoms with E-state index in [2.05, 4.69) is 15.5 Å². The molecule has 1 aromatic heterocycles. The van der Waals surface area contributed by atoms with Crippen LogP contribution in [-0.4, -0.2) is 39.8 Å². The van der Waals surface area contributed by atoms with Gasteiger partial charge in [0.25, 0.3) is 0 Å². The Morgan fingerprint density at radius 1 is 1.09 bits per heavy atom. The Labute approximate surface area is 211 Å². The minimum atomic E-state index is -0.181. The molecule has 0 atom stereocenters. The summed E-state index contributed by atoms with van der Waals surface area (Å²) in [5.41, 5.74) is 2.29. The number of aromatic nitrogens is 3. The maximum atomic E-state index is 12.7. The molecule has 2 heterocycles. The Morgan fingerprint density at radius 2 is 1.91 bits per heavy atom. The molecule has 178 valence electrons. The number of hydrogen-bond donors (Lipinski definition) is 1. The number of thioether (sulfide) groups is 1. The number of nitrogens with zero attached hydrogens (tertiary/aromatic N) is 3. The Hall–Kier alpha value is -3.69. The summed E-state index contributed by atoms with van der Waals surface area (Å²) in [6.07, 6.45) is 0. The summed E-state index contributed by atoms with van der Waals surface area (Å²) in [7, 11) is 0. The van der Waals surface area contributed by atoms with Crippen molar-refractivity contribution in [2.75, 3.05) is 24.5 Å². The van der Waals surface area contributed by atoms with Gasteiger partial charge in [-0.05, 0) is 55.5 Å². The largest absolute Gasteiger partial charge is 0.494 e. The lowest BCUT2D eigenvalue weighted by molar-refractivity contribution is -0.113. The average molecular weight is 509 g/mol. The minimum Gasteiger partial charge on any atom is -0.494 e. The van der Waals surface area contributed by atoms with Crippen molar-refractivity contribution < 1.29 is 19.0 Å². The highest BCUT2D eigenvalue weighted by molar-refractivity contribution is 7.99. The molecule has 0 bridgehead atoms. The molecule has 1 aliphatic heterocycles. The predicted octanol–water partition coefficient (Wildman–Crippen LogP) is 5.45. The summed E-state index contributed by atoms with van der Waals surface area (Å²) >= 11 is 7.51. The zero-order valence-corrected chi connectivity index (χ0v) is 20.3. The standard InChI is InChI=1S/C25H21ClN4O4S/c1-2-32-20-9-7-19(8-10-20)30-24(16-4-3-5-17(26)12-16)28-29-25(30)35-14-23(31)27-18-6-11-21-22(13-18)34-15-33-21/h3-13H,2,14-15H2,1H3,(H,27,31). The molecule has 8 nitrogen and oxygen atoms in total. The molecule has 1 N–H and O–H groups in total. The second-order valence-corrected chi connectivity index (χ2v) is 8.86. The summed E-state index contributed by atoms with van der Waals surface area (Å²) < 4.78 is 18.2. The van der Waals surface area contributed by atoms with E-state index in [1.165, 1.54) is 11.8 Å². The van der Waals surface area contributed by atoms with Crippen molar-refractivity contribution in [1.29, 1.82) is 0 Å². The van der Waals surface area contributed by atoms with Crippen molar-refractivity contribution in [3.63, 3.8) is 0 Å². The summed E-state index contributed by atoms with van der Waals surface area (Å²) in [6, 6.07) is 20.3. The Bertz CT molecular complexity index is 1360. The van der Waals surface area contributed by atoms with Gasteiger partial charge in [-0.3, -0.25) is 9.36 Å². The number of benzene rings is 3. The first kappa shape index (κ1) is 23.1. The molecule has 0 saturated heterocycles. The highest BCUT2D eigenvalue weighted by Crippen LogP contribution is 2.34. The van der Waals surface area contributed by atoms with Gasteiger partial charge < -0.3 is 19.5 Å². The molecule has 1 amide bonds. The van der Waals surface area contributed by atoms with Crippen LogP contribution in [0.5, 0.6) is 17.2 Å². The fourth-order valence-corrected chi connectivity index (χ4v) is 4.51. The van der Waals surface area contributed by atoms with Crippen molar-refractivity contribution in [3.05, 3.63) is 71.8 Å². The van der Waals surface area contributed by atoms with Crippen molar-refractivity contribution in [3.8, 4) is 34.3 Å². The van der Waals surface area contributed by atoms with Crippen molar-refractivity contribution in [2.45, 2.75) is 12.1 Å². The maximum absolute atomic E-state index is 12.7. The number of anilines is 1. The van der Waals surface area contributed by atoms with Gasteiger partial charge >= 0.3 is 0 Å². The summed E-state index contributed by atoms with van der Waals surface area (Å²) in [6.45, 7) is 2.70. The number of amides is 1. The maximum Gasteiger partial charge on any atom is 0.234 e. The van der Waals surface area contributed by atoms with Gasteiger partial charge in [0.15, 0.2) is 22.5 Å². The van der Waals surface area contributed by atoms with E-state index >= 15 is 0 Å². The Balaban J connectivity index is 1.38. The van der Waals surface area contributed by atoms with E-state index in [4.69, 9.17) is 25.8 Å². The summed E-state index contributed by atoms with van der Waals surface area (Å²) in [5, 5.41) is 12.8. The van der Waals surface area contributed by atoms with E-state index in [-0.39, 0.29) is 18.5 Å². The first-order valence-corrected chi connectivity index (χ1v) is 12.2. The van der Waals surface area contributed by atoms with Crippen LogP contribution in [0.25, 0.3) is 17.1 Å². The molecule has 0 unspecified atom stereocenters. The quantitative estimate of drug-likeness (QED) is 0.317. The van der Waals surface area contributed by atoms with Crippen LogP contribution in [-0.2, 0) is 4.79 Å². The fourth-order valence-electron chi connectivity index (χ4n) is 3.57. The van der Waals surface area contributed by atoms with E-state index in [0.717, 1.165) is 17.0 Å².